The molecule has 128 valence electrons. The first-order chi connectivity index (χ1) is 11.6. The molecular formula is C17H19FN2O4. The molecule has 6 nitrogen and oxygen atoms in total. The third kappa shape index (κ3) is 3.47. The van der Waals surface area contributed by atoms with Crippen molar-refractivity contribution in [3.05, 3.63) is 68.7 Å². The number of halogens is 1. The quantitative estimate of drug-likeness (QED) is 0.839. The van der Waals surface area contributed by atoms with Crippen LogP contribution in [0.15, 0.2) is 46.1 Å². The second kappa shape index (κ2) is 7.11. The highest BCUT2D eigenvalue weighted by Crippen LogP contribution is 2.26. The molecule has 1 aromatic heterocycles. The maximum Gasteiger partial charge on any atom is 0.335 e. The molecule has 1 aliphatic heterocycles. The first kappa shape index (κ1) is 16.6. The molecule has 2 heterocycles. The molecule has 1 aliphatic rings. The van der Waals surface area contributed by atoms with E-state index in [1.165, 1.54) is 0 Å². The zero-order chi connectivity index (χ0) is 17.1. The van der Waals surface area contributed by atoms with Gasteiger partial charge in [0.25, 0.3) is 5.56 Å². The Labute approximate surface area is 138 Å². The van der Waals surface area contributed by atoms with E-state index in [4.69, 9.17) is 9.47 Å². The molecular weight excluding hydrogens is 315 g/mol. The summed E-state index contributed by atoms with van der Waals surface area (Å²) >= 11 is 0. The van der Waals surface area contributed by atoms with Gasteiger partial charge in [0.05, 0.1) is 18.9 Å². The maximum absolute atomic E-state index is 13.9. The Morgan fingerprint density at radius 1 is 1.25 bits per heavy atom. The van der Waals surface area contributed by atoms with E-state index in [1.807, 2.05) is 37.3 Å². The van der Waals surface area contributed by atoms with Crippen LogP contribution < -0.4 is 11.2 Å². The lowest BCUT2D eigenvalue weighted by molar-refractivity contribution is 0.00249. The fourth-order valence-corrected chi connectivity index (χ4v) is 2.72. The van der Waals surface area contributed by atoms with Crippen LogP contribution in [0.3, 0.4) is 0 Å². The summed E-state index contributed by atoms with van der Waals surface area (Å²) in [5.41, 5.74) is -0.723. The first-order valence-electron chi connectivity index (χ1n) is 7.85. The summed E-state index contributed by atoms with van der Waals surface area (Å²) in [4.78, 5) is 24.4. The van der Waals surface area contributed by atoms with Crippen LogP contribution in [0, 0.1) is 5.82 Å². The predicted molar refractivity (Wildman–Crippen MR) is 85.0 cm³/mol. The summed E-state index contributed by atoms with van der Waals surface area (Å²) in [6, 6.07) is 9.32. The number of aromatic nitrogens is 2. The lowest BCUT2D eigenvalue weighted by atomic mass is 10.2. The number of hydrogen-bond donors (Lipinski definition) is 0. The van der Waals surface area contributed by atoms with Crippen molar-refractivity contribution >= 4 is 0 Å². The minimum atomic E-state index is -0.999. The number of nitrogens with zero attached hydrogens (tertiary/aromatic N) is 2. The van der Waals surface area contributed by atoms with Crippen molar-refractivity contribution in [3.8, 4) is 0 Å². The summed E-state index contributed by atoms with van der Waals surface area (Å²) in [7, 11) is 0. The minimum Gasteiger partial charge on any atom is -0.356 e. The highest BCUT2D eigenvalue weighted by atomic mass is 19.1. The minimum absolute atomic E-state index is 0.000306. The van der Waals surface area contributed by atoms with Gasteiger partial charge >= 0.3 is 5.69 Å². The monoisotopic (exact) mass is 334 g/mol. The Kier molecular flexibility index (Phi) is 4.92. The van der Waals surface area contributed by atoms with Crippen molar-refractivity contribution in [2.75, 3.05) is 0 Å². The van der Waals surface area contributed by atoms with Gasteiger partial charge < -0.3 is 9.47 Å². The fraction of sp³-hybridized carbons (Fsp3) is 0.412. The summed E-state index contributed by atoms with van der Waals surface area (Å²) in [6.07, 6.45) is 1.75. The van der Waals surface area contributed by atoms with Crippen molar-refractivity contribution in [3.63, 3.8) is 0 Å². The standard InChI is InChI=1S/C17H19FN2O4/c1-12-7-8-15(24-12)19-9-14(18)16(21)20(17(19)22)11-23-10-13-5-3-2-4-6-13/h2-6,9,12,15H,7-8,10-11H2,1H3. The van der Waals surface area contributed by atoms with E-state index in [0.717, 1.165) is 27.3 Å². The van der Waals surface area contributed by atoms with Crippen LogP contribution in [-0.4, -0.2) is 15.2 Å². The van der Waals surface area contributed by atoms with Crippen molar-refractivity contribution in [1.29, 1.82) is 0 Å². The second-order valence-electron chi connectivity index (χ2n) is 5.84. The van der Waals surface area contributed by atoms with E-state index in [-0.39, 0.29) is 19.4 Å². The van der Waals surface area contributed by atoms with E-state index in [9.17, 15) is 14.0 Å². The van der Waals surface area contributed by atoms with Gasteiger partial charge in [0.1, 0.15) is 13.0 Å². The number of ether oxygens (including phenoxy) is 2. The van der Waals surface area contributed by atoms with Crippen molar-refractivity contribution < 1.29 is 13.9 Å². The van der Waals surface area contributed by atoms with Crippen LogP contribution in [0.1, 0.15) is 31.6 Å². The Morgan fingerprint density at radius 2 is 2.00 bits per heavy atom. The predicted octanol–water partition coefficient (Wildman–Crippen LogP) is 2.02. The highest BCUT2D eigenvalue weighted by Gasteiger charge is 2.26. The van der Waals surface area contributed by atoms with Gasteiger partial charge in [-0.25, -0.2) is 9.36 Å². The molecule has 0 amide bonds. The third-order valence-electron chi connectivity index (χ3n) is 4.01. The van der Waals surface area contributed by atoms with E-state index < -0.39 is 23.3 Å². The SMILES string of the molecule is CC1CCC(n2cc(F)c(=O)n(COCc3ccccc3)c2=O)O1. The van der Waals surface area contributed by atoms with Crippen LogP contribution in [-0.2, 0) is 22.8 Å². The zero-order valence-corrected chi connectivity index (χ0v) is 13.4. The largest absolute Gasteiger partial charge is 0.356 e. The molecule has 3 rings (SSSR count). The van der Waals surface area contributed by atoms with Gasteiger partial charge in [0, 0.05) is 0 Å². The Hall–Kier alpha value is -2.25. The number of benzene rings is 1. The molecule has 0 saturated carbocycles. The van der Waals surface area contributed by atoms with Gasteiger partial charge in [-0.15, -0.1) is 0 Å². The summed E-state index contributed by atoms with van der Waals surface area (Å²) in [6.45, 7) is 1.80. The van der Waals surface area contributed by atoms with E-state index in [1.54, 1.807) is 0 Å². The Bertz CT molecular complexity index is 816. The molecule has 24 heavy (non-hydrogen) atoms. The van der Waals surface area contributed by atoms with Crippen LogP contribution in [0.25, 0.3) is 0 Å². The lowest BCUT2D eigenvalue weighted by Crippen LogP contribution is -2.43. The fourth-order valence-electron chi connectivity index (χ4n) is 2.72. The van der Waals surface area contributed by atoms with Gasteiger partial charge in [0.2, 0.25) is 5.82 Å². The first-order valence-corrected chi connectivity index (χ1v) is 7.85. The van der Waals surface area contributed by atoms with Crippen LogP contribution in [0.2, 0.25) is 0 Å². The zero-order valence-electron chi connectivity index (χ0n) is 13.4. The number of rotatable bonds is 5. The summed E-state index contributed by atoms with van der Waals surface area (Å²) in [5.74, 6) is -0.999. The highest BCUT2D eigenvalue weighted by molar-refractivity contribution is 5.13. The van der Waals surface area contributed by atoms with E-state index in [0.29, 0.717) is 6.42 Å². The Balaban J connectivity index is 1.80. The smallest absolute Gasteiger partial charge is 0.335 e. The van der Waals surface area contributed by atoms with Gasteiger partial charge in [-0.1, -0.05) is 30.3 Å². The van der Waals surface area contributed by atoms with Crippen molar-refractivity contribution in [2.24, 2.45) is 0 Å². The Morgan fingerprint density at radius 3 is 2.67 bits per heavy atom. The average molecular weight is 334 g/mol. The van der Waals surface area contributed by atoms with Crippen molar-refractivity contribution in [1.82, 2.24) is 9.13 Å². The molecule has 0 bridgehead atoms. The maximum atomic E-state index is 13.9. The number of hydrogen-bond acceptors (Lipinski definition) is 4. The molecule has 1 saturated heterocycles. The average Bonchev–Trinajstić information content (AvgIpc) is 3.01. The topological polar surface area (TPSA) is 62.5 Å². The van der Waals surface area contributed by atoms with Gasteiger partial charge in [0.15, 0.2) is 0 Å². The van der Waals surface area contributed by atoms with Crippen molar-refractivity contribution in [2.45, 2.75) is 45.4 Å². The molecule has 1 fully saturated rings. The molecule has 2 aromatic rings. The van der Waals surface area contributed by atoms with E-state index in [2.05, 4.69) is 0 Å². The molecule has 0 radical (unpaired) electrons. The summed E-state index contributed by atoms with van der Waals surface area (Å²) < 4.78 is 26.8. The molecule has 0 N–H and O–H groups in total. The second-order valence-corrected chi connectivity index (χ2v) is 5.84. The molecule has 1 aromatic carbocycles. The molecule has 7 heteroatoms. The lowest BCUT2D eigenvalue weighted by Gasteiger charge is -2.16. The van der Waals surface area contributed by atoms with Gasteiger partial charge in [-0.3, -0.25) is 9.36 Å². The normalized spacial score (nSPS) is 20.4. The molecule has 0 spiro atoms. The summed E-state index contributed by atoms with van der Waals surface area (Å²) in [5, 5.41) is 0. The van der Waals surface area contributed by atoms with E-state index >= 15 is 0 Å². The van der Waals surface area contributed by atoms with Gasteiger partial charge in [-0.2, -0.15) is 4.39 Å². The van der Waals surface area contributed by atoms with Crippen LogP contribution in [0.4, 0.5) is 4.39 Å². The molecule has 2 unspecified atom stereocenters. The van der Waals surface area contributed by atoms with Crippen LogP contribution in [0.5, 0.6) is 0 Å². The molecule has 2 atom stereocenters. The van der Waals surface area contributed by atoms with Crippen LogP contribution >= 0.6 is 0 Å². The van der Waals surface area contributed by atoms with Gasteiger partial charge in [-0.05, 0) is 25.3 Å². The third-order valence-corrected chi connectivity index (χ3v) is 4.01. The molecule has 0 aliphatic carbocycles.